The predicted octanol–water partition coefficient (Wildman–Crippen LogP) is 2.61. The van der Waals surface area contributed by atoms with Crippen LogP contribution < -0.4 is 4.74 Å². The molecule has 1 aliphatic rings. The Morgan fingerprint density at radius 1 is 1.13 bits per heavy atom. The van der Waals surface area contributed by atoms with Gasteiger partial charge in [-0.05, 0) is 44.5 Å². The molecule has 1 aromatic rings. The highest BCUT2D eigenvalue weighted by molar-refractivity contribution is 9.10. The zero-order valence-corrected chi connectivity index (χ0v) is 15.6. The fourth-order valence-electron chi connectivity index (χ4n) is 2.65. The number of halogens is 1. The highest BCUT2D eigenvalue weighted by Gasteiger charge is 2.36. The molecule has 1 fully saturated rings. The van der Waals surface area contributed by atoms with Crippen molar-refractivity contribution in [1.29, 1.82) is 0 Å². The summed E-state index contributed by atoms with van der Waals surface area (Å²) >= 11 is 3.42. The second-order valence-corrected chi connectivity index (χ2v) is 7.24. The molecular weight excluding hydrogens is 360 g/mol. The Labute approximate surface area is 145 Å². The quantitative estimate of drug-likeness (QED) is 0.806. The summed E-state index contributed by atoms with van der Waals surface area (Å²) in [5.74, 6) is 0.704. The average molecular weight is 383 g/mol. The number of rotatable bonds is 3. The highest BCUT2D eigenvalue weighted by Crippen LogP contribution is 2.27. The van der Waals surface area contributed by atoms with Crippen LogP contribution in [-0.4, -0.2) is 53.4 Å². The standard InChI is InChI=1S/C17H23BrN2O3/c1-12-11-14(18)5-6-15(12)23-17(3,4)16(22)20-9-7-19(8-10-20)13(2)21/h5-6,11H,7-10H2,1-4H3. The summed E-state index contributed by atoms with van der Waals surface area (Å²) in [5.41, 5.74) is 0.0263. The first kappa shape index (κ1) is 17.8. The third-order valence-electron chi connectivity index (χ3n) is 4.03. The Morgan fingerprint density at radius 2 is 1.70 bits per heavy atom. The average Bonchev–Trinajstić information content (AvgIpc) is 2.49. The summed E-state index contributed by atoms with van der Waals surface area (Å²) in [7, 11) is 0. The van der Waals surface area contributed by atoms with Crippen molar-refractivity contribution in [1.82, 2.24) is 9.80 Å². The van der Waals surface area contributed by atoms with Crippen LogP contribution in [0.3, 0.4) is 0 Å². The highest BCUT2D eigenvalue weighted by atomic mass is 79.9. The van der Waals surface area contributed by atoms with Gasteiger partial charge in [-0.3, -0.25) is 9.59 Å². The molecule has 0 spiro atoms. The van der Waals surface area contributed by atoms with E-state index in [1.165, 1.54) is 0 Å². The third kappa shape index (κ3) is 4.25. The zero-order valence-electron chi connectivity index (χ0n) is 14.1. The minimum absolute atomic E-state index is 0.0528. The maximum atomic E-state index is 12.8. The number of hydrogen-bond donors (Lipinski definition) is 0. The van der Waals surface area contributed by atoms with Crippen molar-refractivity contribution in [3.8, 4) is 5.75 Å². The molecule has 1 aliphatic heterocycles. The molecule has 0 saturated carbocycles. The molecule has 2 amide bonds. The van der Waals surface area contributed by atoms with Crippen molar-refractivity contribution in [3.05, 3.63) is 28.2 Å². The molecule has 6 heteroatoms. The van der Waals surface area contributed by atoms with E-state index in [2.05, 4.69) is 15.9 Å². The van der Waals surface area contributed by atoms with E-state index in [0.29, 0.717) is 31.9 Å². The Kier molecular flexibility index (Phi) is 5.34. The molecule has 1 saturated heterocycles. The van der Waals surface area contributed by atoms with Crippen molar-refractivity contribution in [3.63, 3.8) is 0 Å². The summed E-state index contributed by atoms with van der Waals surface area (Å²) in [6.07, 6.45) is 0. The van der Waals surface area contributed by atoms with Crippen LogP contribution in [0.4, 0.5) is 0 Å². The van der Waals surface area contributed by atoms with E-state index < -0.39 is 5.60 Å². The molecule has 5 nitrogen and oxygen atoms in total. The van der Waals surface area contributed by atoms with Gasteiger partial charge in [0.1, 0.15) is 5.75 Å². The maximum absolute atomic E-state index is 12.8. The number of nitrogens with zero attached hydrogens (tertiary/aromatic N) is 2. The van der Waals surface area contributed by atoms with Gasteiger partial charge in [-0.1, -0.05) is 15.9 Å². The lowest BCUT2D eigenvalue weighted by atomic mass is 10.1. The largest absolute Gasteiger partial charge is 0.478 e. The van der Waals surface area contributed by atoms with Crippen molar-refractivity contribution in [2.45, 2.75) is 33.3 Å². The van der Waals surface area contributed by atoms with Crippen LogP contribution in [0, 0.1) is 6.92 Å². The number of amides is 2. The molecule has 0 radical (unpaired) electrons. The number of hydrogen-bond acceptors (Lipinski definition) is 3. The van der Waals surface area contributed by atoms with Crippen LogP contribution in [0.2, 0.25) is 0 Å². The normalized spacial score (nSPS) is 15.5. The Hall–Kier alpha value is -1.56. The first-order valence-corrected chi connectivity index (χ1v) is 8.50. The van der Waals surface area contributed by atoms with Crippen molar-refractivity contribution in [2.75, 3.05) is 26.2 Å². The van der Waals surface area contributed by atoms with Crippen LogP contribution in [-0.2, 0) is 9.59 Å². The Balaban J connectivity index is 2.04. The summed E-state index contributed by atoms with van der Waals surface area (Å²) in [5, 5.41) is 0. The smallest absolute Gasteiger partial charge is 0.266 e. The number of carbonyl (C=O) groups is 2. The summed E-state index contributed by atoms with van der Waals surface area (Å²) in [6.45, 7) is 9.33. The molecule has 0 unspecified atom stereocenters. The molecule has 0 N–H and O–H groups in total. The number of benzene rings is 1. The van der Waals surface area contributed by atoms with Crippen LogP contribution in [0.25, 0.3) is 0 Å². The van der Waals surface area contributed by atoms with Crippen LogP contribution in [0.1, 0.15) is 26.3 Å². The second-order valence-electron chi connectivity index (χ2n) is 6.32. The zero-order chi connectivity index (χ0) is 17.2. The van der Waals surface area contributed by atoms with Gasteiger partial charge in [0.25, 0.3) is 5.91 Å². The fourth-order valence-corrected chi connectivity index (χ4v) is 3.13. The van der Waals surface area contributed by atoms with Crippen molar-refractivity contribution in [2.24, 2.45) is 0 Å². The predicted molar refractivity (Wildman–Crippen MR) is 92.4 cm³/mol. The molecule has 126 valence electrons. The molecule has 0 atom stereocenters. The van der Waals surface area contributed by atoms with Gasteiger partial charge in [0.2, 0.25) is 5.91 Å². The molecule has 23 heavy (non-hydrogen) atoms. The maximum Gasteiger partial charge on any atom is 0.266 e. The van der Waals surface area contributed by atoms with E-state index in [-0.39, 0.29) is 11.8 Å². The first-order valence-electron chi connectivity index (χ1n) is 7.71. The van der Waals surface area contributed by atoms with Gasteiger partial charge in [-0.15, -0.1) is 0 Å². The van der Waals surface area contributed by atoms with Crippen LogP contribution in [0.5, 0.6) is 5.75 Å². The van der Waals surface area contributed by atoms with E-state index in [1.807, 2.05) is 25.1 Å². The molecule has 2 rings (SSSR count). The topological polar surface area (TPSA) is 49.9 Å². The lowest BCUT2D eigenvalue weighted by Gasteiger charge is -2.38. The lowest BCUT2D eigenvalue weighted by Crippen LogP contribution is -2.56. The second kappa shape index (κ2) is 6.91. The number of aryl methyl sites for hydroxylation is 1. The summed E-state index contributed by atoms with van der Waals surface area (Å²) in [4.78, 5) is 27.7. The van der Waals surface area contributed by atoms with Gasteiger partial charge in [-0.25, -0.2) is 0 Å². The van der Waals surface area contributed by atoms with Gasteiger partial charge >= 0.3 is 0 Å². The van der Waals surface area contributed by atoms with Crippen LogP contribution in [0.15, 0.2) is 22.7 Å². The summed E-state index contributed by atoms with van der Waals surface area (Å²) in [6, 6.07) is 5.72. The summed E-state index contributed by atoms with van der Waals surface area (Å²) < 4.78 is 6.96. The molecule has 0 aliphatic carbocycles. The SMILES string of the molecule is CC(=O)N1CCN(C(=O)C(C)(C)Oc2ccc(Br)cc2C)CC1. The monoisotopic (exact) mass is 382 g/mol. The molecule has 1 heterocycles. The van der Waals surface area contributed by atoms with Crippen LogP contribution >= 0.6 is 15.9 Å². The minimum atomic E-state index is -0.947. The molecule has 0 aromatic heterocycles. The van der Waals surface area contributed by atoms with Gasteiger partial charge in [0, 0.05) is 37.6 Å². The van der Waals surface area contributed by atoms with E-state index in [0.717, 1.165) is 10.0 Å². The Morgan fingerprint density at radius 3 is 2.22 bits per heavy atom. The lowest BCUT2D eigenvalue weighted by molar-refractivity contribution is -0.149. The number of piperazine rings is 1. The number of ether oxygens (including phenoxy) is 1. The number of carbonyl (C=O) groups excluding carboxylic acids is 2. The van der Waals surface area contributed by atoms with E-state index in [1.54, 1.807) is 30.6 Å². The van der Waals surface area contributed by atoms with E-state index >= 15 is 0 Å². The van der Waals surface area contributed by atoms with Crippen molar-refractivity contribution < 1.29 is 14.3 Å². The van der Waals surface area contributed by atoms with Gasteiger partial charge in [-0.2, -0.15) is 0 Å². The molecular formula is C17H23BrN2O3. The Bertz CT molecular complexity index is 608. The molecule has 1 aromatic carbocycles. The molecule has 0 bridgehead atoms. The van der Waals surface area contributed by atoms with E-state index in [9.17, 15) is 9.59 Å². The van der Waals surface area contributed by atoms with E-state index in [4.69, 9.17) is 4.74 Å². The van der Waals surface area contributed by atoms with Crippen molar-refractivity contribution >= 4 is 27.7 Å². The van der Waals surface area contributed by atoms with Gasteiger partial charge < -0.3 is 14.5 Å². The van der Waals surface area contributed by atoms with Gasteiger partial charge in [0.15, 0.2) is 5.60 Å². The first-order chi connectivity index (χ1) is 10.7. The van der Waals surface area contributed by atoms with Gasteiger partial charge in [0.05, 0.1) is 0 Å². The fraction of sp³-hybridized carbons (Fsp3) is 0.529. The minimum Gasteiger partial charge on any atom is -0.478 e. The third-order valence-corrected chi connectivity index (χ3v) is 4.52.